The van der Waals surface area contributed by atoms with Crippen molar-refractivity contribution in [2.45, 2.75) is 59.3 Å². The van der Waals surface area contributed by atoms with Crippen molar-refractivity contribution in [1.82, 2.24) is 14.7 Å². The number of aryl methyl sites for hydroxylation is 2. The predicted molar refractivity (Wildman–Crippen MR) is 135 cm³/mol. The zero-order valence-electron chi connectivity index (χ0n) is 20.8. The normalized spacial score (nSPS) is 14.7. The number of nitrogens with zero attached hydrogens (tertiary/aromatic N) is 3. The van der Waals surface area contributed by atoms with Crippen LogP contribution in [-0.2, 0) is 11.3 Å². The van der Waals surface area contributed by atoms with Gasteiger partial charge < -0.3 is 14.6 Å². The Balaban J connectivity index is 1.62. The van der Waals surface area contributed by atoms with Crippen LogP contribution in [0.5, 0.6) is 11.6 Å². The highest BCUT2D eigenvalue weighted by atomic mass is 16.5. The van der Waals surface area contributed by atoms with Crippen molar-refractivity contribution in [2.24, 2.45) is 5.92 Å². The van der Waals surface area contributed by atoms with E-state index in [-0.39, 0.29) is 6.10 Å². The molecule has 0 saturated heterocycles. The largest absolute Gasteiger partial charge is 0.439 e. The molecule has 0 unspecified atom stereocenters. The number of rotatable bonds is 12. The summed E-state index contributed by atoms with van der Waals surface area (Å²) in [4.78, 5) is 2.33. The first-order valence-electron chi connectivity index (χ1n) is 12.3. The van der Waals surface area contributed by atoms with Gasteiger partial charge in [-0.25, -0.2) is 4.68 Å². The van der Waals surface area contributed by atoms with Crippen LogP contribution in [0.25, 0.3) is 5.69 Å². The van der Waals surface area contributed by atoms with Crippen molar-refractivity contribution in [1.29, 1.82) is 0 Å². The van der Waals surface area contributed by atoms with Gasteiger partial charge in [0, 0.05) is 19.6 Å². The average molecular weight is 464 g/mol. The van der Waals surface area contributed by atoms with Gasteiger partial charge in [0.15, 0.2) is 0 Å². The van der Waals surface area contributed by atoms with Crippen molar-refractivity contribution in [3.8, 4) is 17.3 Å². The second-order valence-corrected chi connectivity index (χ2v) is 9.70. The Kier molecular flexibility index (Phi) is 8.03. The van der Waals surface area contributed by atoms with Gasteiger partial charge in [0.05, 0.1) is 35.8 Å². The molecule has 34 heavy (non-hydrogen) atoms. The number of ether oxygens (including phenoxy) is 2. The van der Waals surface area contributed by atoms with E-state index in [1.165, 1.54) is 18.4 Å². The highest BCUT2D eigenvalue weighted by Gasteiger charge is 2.28. The second kappa shape index (κ2) is 11.2. The Bertz CT molecular complexity index is 1040. The van der Waals surface area contributed by atoms with Crippen LogP contribution < -0.4 is 4.74 Å². The quantitative estimate of drug-likeness (QED) is 0.396. The summed E-state index contributed by atoms with van der Waals surface area (Å²) in [7, 11) is 0. The zero-order valence-corrected chi connectivity index (χ0v) is 20.8. The molecule has 1 aliphatic carbocycles. The first-order chi connectivity index (χ1) is 16.4. The SMILES string of the molecule is Cc1ccc(Oc2c(CN(CC3CC3)C[C@@H](O)COC(C)C)c(C)nn2-c2ccccc2)cc1. The number of aliphatic hydroxyl groups excluding tert-OH is 1. The summed E-state index contributed by atoms with van der Waals surface area (Å²) in [5.74, 6) is 2.20. The van der Waals surface area contributed by atoms with Gasteiger partial charge >= 0.3 is 0 Å². The van der Waals surface area contributed by atoms with E-state index in [0.717, 1.165) is 35.1 Å². The number of para-hydroxylation sites is 1. The van der Waals surface area contributed by atoms with Crippen LogP contribution in [0.3, 0.4) is 0 Å². The third-order valence-electron chi connectivity index (χ3n) is 6.06. The molecule has 1 heterocycles. The van der Waals surface area contributed by atoms with Crippen molar-refractivity contribution >= 4 is 0 Å². The molecule has 4 rings (SSSR count). The molecule has 2 aromatic carbocycles. The Morgan fingerprint density at radius 1 is 1.06 bits per heavy atom. The van der Waals surface area contributed by atoms with E-state index in [2.05, 4.69) is 24.0 Å². The number of hydrogen-bond donors (Lipinski definition) is 1. The molecule has 0 radical (unpaired) electrons. The maximum atomic E-state index is 10.6. The van der Waals surface area contributed by atoms with Gasteiger partial charge in [0.1, 0.15) is 5.75 Å². The van der Waals surface area contributed by atoms with Crippen LogP contribution in [0.2, 0.25) is 0 Å². The molecule has 6 nitrogen and oxygen atoms in total. The molecular weight excluding hydrogens is 426 g/mol. The summed E-state index contributed by atoms with van der Waals surface area (Å²) >= 11 is 0. The van der Waals surface area contributed by atoms with Crippen LogP contribution >= 0.6 is 0 Å². The molecule has 0 amide bonds. The van der Waals surface area contributed by atoms with Gasteiger partial charge in [-0.1, -0.05) is 35.9 Å². The highest BCUT2D eigenvalue weighted by molar-refractivity contribution is 5.43. The van der Waals surface area contributed by atoms with Crippen LogP contribution in [0.15, 0.2) is 54.6 Å². The van der Waals surface area contributed by atoms with E-state index in [1.54, 1.807) is 0 Å². The van der Waals surface area contributed by atoms with Crippen LogP contribution in [0, 0.1) is 19.8 Å². The summed E-state index contributed by atoms with van der Waals surface area (Å²) in [5, 5.41) is 15.5. The monoisotopic (exact) mass is 463 g/mol. The van der Waals surface area contributed by atoms with E-state index >= 15 is 0 Å². The van der Waals surface area contributed by atoms with Gasteiger partial charge in [0.2, 0.25) is 5.88 Å². The second-order valence-electron chi connectivity index (χ2n) is 9.70. The molecule has 6 heteroatoms. The van der Waals surface area contributed by atoms with Crippen LogP contribution in [0.1, 0.15) is 43.5 Å². The molecule has 0 aliphatic heterocycles. The summed E-state index contributed by atoms with van der Waals surface area (Å²) in [6.07, 6.45) is 2.08. The molecule has 182 valence electrons. The Morgan fingerprint density at radius 2 is 1.76 bits per heavy atom. The van der Waals surface area contributed by atoms with Crippen molar-refractivity contribution in [2.75, 3.05) is 19.7 Å². The molecule has 1 N–H and O–H groups in total. The molecule has 1 atom stereocenters. The Labute approximate surface area is 203 Å². The minimum absolute atomic E-state index is 0.104. The Hall–Kier alpha value is -2.67. The molecule has 0 spiro atoms. The third kappa shape index (κ3) is 6.69. The fourth-order valence-corrected chi connectivity index (χ4v) is 4.03. The molecule has 1 fully saturated rings. The first-order valence-corrected chi connectivity index (χ1v) is 12.3. The lowest BCUT2D eigenvalue weighted by Gasteiger charge is -2.26. The lowest BCUT2D eigenvalue weighted by molar-refractivity contribution is -0.0101. The van der Waals surface area contributed by atoms with Gasteiger partial charge in [-0.2, -0.15) is 5.10 Å². The minimum atomic E-state index is -0.535. The number of benzene rings is 2. The van der Waals surface area contributed by atoms with E-state index in [4.69, 9.17) is 14.6 Å². The van der Waals surface area contributed by atoms with Crippen molar-refractivity contribution in [3.05, 3.63) is 71.4 Å². The van der Waals surface area contributed by atoms with E-state index in [0.29, 0.717) is 25.6 Å². The van der Waals surface area contributed by atoms with Gasteiger partial charge in [-0.05, 0) is 70.7 Å². The smallest absolute Gasteiger partial charge is 0.227 e. The number of aliphatic hydroxyl groups is 1. The standard InChI is InChI=1S/C28H37N3O3/c1-20(2)33-19-25(32)17-30(16-23-12-13-23)18-27-22(4)29-31(24-8-6-5-7-9-24)28(27)34-26-14-10-21(3)11-15-26/h5-11,14-15,20,23,25,32H,12-13,16-19H2,1-4H3/t25-/m1/s1. The molecule has 1 aliphatic rings. The average Bonchev–Trinajstić information content (AvgIpc) is 3.59. The highest BCUT2D eigenvalue weighted by Crippen LogP contribution is 2.34. The Morgan fingerprint density at radius 3 is 2.41 bits per heavy atom. The zero-order chi connectivity index (χ0) is 24.1. The van der Waals surface area contributed by atoms with E-state index < -0.39 is 6.10 Å². The summed E-state index contributed by atoms with van der Waals surface area (Å²) in [6, 6.07) is 18.2. The fraction of sp³-hybridized carbons (Fsp3) is 0.464. The maximum absolute atomic E-state index is 10.6. The lowest BCUT2D eigenvalue weighted by Crippen LogP contribution is -2.36. The van der Waals surface area contributed by atoms with E-state index in [9.17, 15) is 5.11 Å². The van der Waals surface area contributed by atoms with Gasteiger partial charge in [-0.3, -0.25) is 4.90 Å². The summed E-state index contributed by atoms with van der Waals surface area (Å²) in [5.41, 5.74) is 4.12. The molecule has 3 aromatic rings. The van der Waals surface area contributed by atoms with Crippen molar-refractivity contribution < 1.29 is 14.6 Å². The fourth-order valence-electron chi connectivity index (χ4n) is 4.03. The third-order valence-corrected chi connectivity index (χ3v) is 6.06. The van der Waals surface area contributed by atoms with Crippen LogP contribution in [-0.4, -0.2) is 51.7 Å². The van der Waals surface area contributed by atoms with E-state index in [1.807, 2.05) is 67.9 Å². The summed E-state index contributed by atoms with van der Waals surface area (Å²) < 4.78 is 14.0. The van der Waals surface area contributed by atoms with Crippen molar-refractivity contribution in [3.63, 3.8) is 0 Å². The topological polar surface area (TPSA) is 59.8 Å². The lowest BCUT2D eigenvalue weighted by atomic mass is 10.2. The van der Waals surface area contributed by atoms with Crippen LogP contribution in [0.4, 0.5) is 0 Å². The van der Waals surface area contributed by atoms with Gasteiger partial charge in [-0.15, -0.1) is 0 Å². The molecule has 1 aromatic heterocycles. The molecule has 0 bridgehead atoms. The first kappa shape index (κ1) is 24.5. The number of aromatic nitrogens is 2. The summed E-state index contributed by atoms with van der Waals surface area (Å²) in [6.45, 7) is 10.6. The van der Waals surface area contributed by atoms with Gasteiger partial charge in [0.25, 0.3) is 0 Å². The molecule has 1 saturated carbocycles. The minimum Gasteiger partial charge on any atom is -0.439 e. The molecular formula is C28H37N3O3. The predicted octanol–water partition coefficient (Wildman–Crippen LogP) is 5.28. The number of hydrogen-bond acceptors (Lipinski definition) is 5. The maximum Gasteiger partial charge on any atom is 0.227 e.